The van der Waals surface area contributed by atoms with Crippen LogP contribution in [0.3, 0.4) is 0 Å². The number of halogens is 3. The number of carbonyl (C=O) groups excluding carboxylic acids is 2. The Hall–Kier alpha value is -2.06. The van der Waals surface area contributed by atoms with Crippen LogP contribution in [0.25, 0.3) is 10.4 Å². The molecule has 2 fully saturated rings. The SMILES string of the molecule is CCOC(=O)[C@@]1(F)[C@@H]2C[C@@H](O[C@H](CC)c3ccc(Cl)c(Cl)c3)[C@@](N=[N+]=[N-])(C(=O)OCC)[C@@H]21. The van der Waals surface area contributed by atoms with E-state index in [9.17, 15) is 15.1 Å². The fraction of sp³-hybridized carbons (Fsp3) is 0.619. The lowest BCUT2D eigenvalue weighted by atomic mass is 9.87. The zero-order valence-electron chi connectivity index (χ0n) is 17.9. The smallest absolute Gasteiger partial charge is 0.344 e. The number of azide groups is 1. The molecular weight excluding hydrogens is 464 g/mol. The third-order valence-corrected chi connectivity index (χ3v) is 6.87. The van der Waals surface area contributed by atoms with Crippen LogP contribution in [0.15, 0.2) is 23.3 Å². The molecule has 8 nitrogen and oxygen atoms in total. The molecule has 2 aliphatic carbocycles. The Labute approximate surface area is 194 Å². The molecule has 1 aromatic rings. The van der Waals surface area contributed by atoms with Gasteiger partial charge in [-0.15, -0.1) is 0 Å². The molecule has 2 aliphatic rings. The molecule has 0 radical (unpaired) electrons. The van der Waals surface area contributed by atoms with Crippen molar-refractivity contribution in [3.63, 3.8) is 0 Å². The van der Waals surface area contributed by atoms with Gasteiger partial charge in [-0.2, -0.15) is 0 Å². The van der Waals surface area contributed by atoms with Crippen LogP contribution >= 0.6 is 23.2 Å². The standard InChI is InChI=1S/C21H24Cl2FN3O5/c1-4-15(11-7-8-13(22)14(23)9-11)32-16-10-12-17(20(12,24)18(28)30-5-2)21(16,26-27-25)19(29)31-6-3/h7-9,12,15-17H,4-6,10H2,1-3H3/t12-,15-,16-,17+,20-,21+/m1/s1. The normalized spacial score (nSPS) is 31.2. The van der Waals surface area contributed by atoms with E-state index in [1.165, 1.54) is 0 Å². The maximum atomic E-state index is 15.7. The van der Waals surface area contributed by atoms with Crippen molar-refractivity contribution in [2.45, 2.75) is 57.0 Å². The number of hydrogen-bond donors (Lipinski definition) is 0. The van der Waals surface area contributed by atoms with Crippen LogP contribution in [0.1, 0.15) is 45.3 Å². The van der Waals surface area contributed by atoms with Gasteiger partial charge in [0.25, 0.3) is 0 Å². The molecule has 1 aromatic carbocycles. The highest BCUT2D eigenvalue weighted by molar-refractivity contribution is 6.42. The fourth-order valence-corrected chi connectivity index (χ4v) is 5.02. The van der Waals surface area contributed by atoms with Gasteiger partial charge in [0, 0.05) is 16.7 Å². The molecule has 174 valence electrons. The topological polar surface area (TPSA) is 111 Å². The second kappa shape index (κ2) is 9.43. The van der Waals surface area contributed by atoms with Crippen LogP contribution in [0, 0.1) is 11.8 Å². The van der Waals surface area contributed by atoms with Gasteiger partial charge < -0.3 is 14.2 Å². The first-order valence-electron chi connectivity index (χ1n) is 10.4. The van der Waals surface area contributed by atoms with Gasteiger partial charge in [-0.05, 0) is 49.9 Å². The summed E-state index contributed by atoms with van der Waals surface area (Å²) in [5, 5.41) is 4.42. The molecular formula is C21H24Cl2FN3O5. The van der Waals surface area contributed by atoms with Gasteiger partial charge in [0.15, 0.2) is 5.54 Å². The first-order valence-corrected chi connectivity index (χ1v) is 11.2. The first kappa shape index (κ1) is 24.6. The number of benzene rings is 1. The van der Waals surface area contributed by atoms with Gasteiger partial charge in [0.05, 0.1) is 35.5 Å². The number of nitrogens with zero attached hydrogens (tertiary/aromatic N) is 3. The van der Waals surface area contributed by atoms with E-state index >= 15 is 4.39 Å². The van der Waals surface area contributed by atoms with Crippen molar-refractivity contribution in [1.29, 1.82) is 0 Å². The molecule has 0 amide bonds. The summed E-state index contributed by atoms with van der Waals surface area (Å²) in [6.07, 6.45) is -1.09. The second-order valence-electron chi connectivity index (χ2n) is 7.74. The monoisotopic (exact) mass is 487 g/mol. The molecule has 3 rings (SSSR count). The quantitative estimate of drug-likeness (QED) is 0.201. The van der Waals surface area contributed by atoms with Crippen molar-refractivity contribution in [2.75, 3.05) is 13.2 Å². The summed E-state index contributed by atoms with van der Waals surface area (Å²) in [5.41, 5.74) is 5.48. The van der Waals surface area contributed by atoms with Crippen LogP contribution in [0.5, 0.6) is 0 Å². The Kier molecular flexibility index (Phi) is 7.25. The van der Waals surface area contributed by atoms with Crippen molar-refractivity contribution >= 4 is 35.1 Å². The van der Waals surface area contributed by atoms with E-state index in [0.717, 1.165) is 0 Å². The number of rotatable bonds is 9. The molecule has 0 unspecified atom stereocenters. The predicted molar refractivity (Wildman–Crippen MR) is 115 cm³/mol. The lowest BCUT2D eigenvalue weighted by Crippen LogP contribution is -2.53. The molecule has 0 spiro atoms. The molecule has 2 saturated carbocycles. The van der Waals surface area contributed by atoms with Gasteiger partial charge in [0.2, 0.25) is 5.67 Å². The van der Waals surface area contributed by atoms with Crippen molar-refractivity contribution in [3.8, 4) is 0 Å². The van der Waals surface area contributed by atoms with Crippen LogP contribution in [0.4, 0.5) is 4.39 Å². The van der Waals surface area contributed by atoms with E-state index in [4.69, 9.17) is 37.4 Å². The maximum absolute atomic E-state index is 15.7. The molecule has 32 heavy (non-hydrogen) atoms. The van der Waals surface area contributed by atoms with Crippen molar-refractivity contribution in [2.24, 2.45) is 17.0 Å². The van der Waals surface area contributed by atoms with Gasteiger partial charge in [0.1, 0.15) is 0 Å². The molecule has 0 N–H and O–H groups in total. The number of hydrogen-bond acceptors (Lipinski definition) is 6. The largest absolute Gasteiger partial charge is 0.465 e. The Morgan fingerprint density at radius 3 is 2.44 bits per heavy atom. The molecule has 0 heterocycles. The van der Waals surface area contributed by atoms with Crippen LogP contribution in [-0.4, -0.2) is 42.5 Å². The Balaban J connectivity index is 1.99. The average Bonchev–Trinajstić information content (AvgIpc) is 3.21. The van der Waals surface area contributed by atoms with E-state index in [1.807, 2.05) is 6.92 Å². The van der Waals surface area contributed by atoms with Crippen molar-refractivity contribution in [3.05, 3.63) is 44.3 Å². The molecule has 0 aliphatic heterocycles. The minimum atomic E-state index is -2.44. The zero-order chi connectivity index (χ0) is 23.7. The van der Waals surface area contributed by atoms with Gasteiger partial charge in [-0.3, -0.25) is 4.79 Å². The predicted octanol–water partition coefficient (Wildman–Crippen LogP) is 5.36. The van der Waals surface area contributed by atoms with Gasteiger partial charge >= 0.3 is 11.9 Å². The van der Waals surface area contributed by atoms with Crippen LogP contribution < -0.4 is 0 Å². The van der Waals surface area contributed by atoms with E-state index in [-0.39, 0.29) is 19.6 Å². The summed E-state index contributed by atoms with van der Waals surface area (Å²) < 4.78 is 31.9. The number of ether oxygens (including phenoxy) is 3. The Bertz CT molecular complexity index is 959. The van der Waals surface area contributed by atoms with Crippen LogP contribution in [-0.2, 0) is 23.8 Å². The summed E-state index contributed by atoms with van der Waals surface area (Å²) in [5.74, 6) is -4.14. The first-order chi connectivity index (χ1) is 15.2. The fourth-order valence-electron chi connectivity index (χ4n) is 4.72. The molecule has 0 bridgehead atoms. The van der Waals surface area contributed by atoms with Crippen LogP contribution in [0.2, 0.25) is 10.0 Å². The maximum Gasteiger partial charge on any atom is 0.344 e. The second-order valence-corrected chi connectivity index (χ2v) is 8.55. The highest BCUT2D eigenvalue weighted by atomic mass is 35.5. The minimum absolute atomic E-state index is 0.0182. The average molecular weight is 488 g/mol. The number of esters is 2. The van der Waals surface area contributed by atoms with E-state index < -0.39 is 47.2 Å². The lowest BCUT2D eigenvalue weighted by Gasteiger charge is -2.35. The van der Waals surface area contributed by atoms with E-state index in [1.54, 1.807) is 32.0 Å². The van der Waals surface area contributed by atoms with Gasteiger partial charge in [-0.25, -0.2) is 9.18 Å². The number of carbonyl (C=O) groups is 2. The highest BCUT2D eigenvalue weighted by Crippen LogP contribution is 2.70. The minimum Gasteiger partial charge on any atom is -0.465 e. The summed E-state index contributed by atoms with van der Waals surface area (Å²) in [6, 6.07) is 5.00. The van der Waals surface area contributed by atoms with Gasteiger partial charge in [-0.1, -0.05) is 41.3 Å². The van der Waals surface area contributed by atoms with E-state index in [0.29, 0.717) is 22.0 Å². The summed E-state index contributed by atoms with van der Waals surface area (Å²) in [7, 11) is 0. The summed E-state index contributed by atoms with van der Waals surface area (Å²) >= 11 is 12.1. The Morgan fingerprint density at radius 2 is 1.88 bits per heavy atom. The number of fused-ring (bicyclic) bond motifs is 1. The molecule has 6 atom stereocenters. The lowest BCUT2D eigenvalue weighted by molar-refractivity contribution is -0.165. The van der Waals surface area contributed by atoms with Crippen molar-refractivity contribution < 1.29 is 28.2 Å². The highest BCUT2D eigenvalue weighted by Gasteiger charge is 2.86. The van der Waals surface area contributed by atoms with Crippen molar-refractivity contribution in [1.82, 2.24) is 0 Å². The Morgan fingerprint density at radius 1 is 1.22 bits per heavy atom. The molecule has 0 aromatic heterocycles. The summed E-state index contributed by atoms with van der Waals surface area (Å²) in [4.78, 5) is 28.2. The number of alkyl halides is 1. The third-order valence-electron chi connectivity index (χ3n) is 6.13. The molecule has 11 heteroatoms. The van der Waals surface area contributed by atoms with E-state index in [2.05, 4.69) is 10.0 Å². The zero-order valence-corrected chi connectivity index (χ0v) is 19.4. The third kappa shape index (κ3) is 3.81. The molecule has 0 saturated heterocycles. The summed E-state index contributed by atoms with van der Waals surface area (Å²) in [6.45, 7) is 4.96.